The molecule has 26 heavy (non-hydrogen) atoms. The Hall–Kier alpha value is -3.35. The van der Waals surface area contributed by atoms with E-state index in [9.17, 15) is 14.4 Å². The molecule has 0 saturated carbocycles. The number of imide groups is 2. The summed E-state index contributed by atoms with van der Waals surface area (Å²) in [7, 11) is 0. The summed E-state index contributed by atoms with van der Waals surface area (Å²) in [6, 6.07) is 9.59. The molecule has 0 radical (unpaired) electrons. The second kappa shape index (κ2) is 7.26. The van der Waals surface area contributed by atoms with E-state index in [0.717, 1.165) is 4.90 Å². The number of rotatable bonds is 5. The van der Waals surface area contributed by atoms with Crippen molar-refractivity contribution in [3.8, 4) is 5.75 Å². The molecular weight excluding hydrogens is 336 g/mol. The van der Waals surface area contributed by atoms with Gasteiger partial charge in [-0.15, -0.1) is 0 Å². The van der Waals surface area contributed by atoms with E-state index in [-0.39, 0.29) is 18.2 Å². The van der Waals surface area contributed by atoms with Gasteiger partial charge >= 0.3 is 6.03 Å². The molecule has 0 spiro atoms. The number of furan rings is 1. The van der Waals surface area contributed by atoms with E-state index in [4.69, 9.17) is 9.15 Å². The summed E-state index contributed by atoms with van der Waals surface area (Å²) in [5.74, 6) is -0.444. The number of para-hydroxylation sites is 1. The molecule has 134 valence electrons. The molecule has 4 amide bonds. The Kier molecular flexibility index (Phi) is 4.88. The highest BCUT2D eigenvalue weighted by atomic mass is 16.5. The zero-order chi connectivity index (χ0) is 18.7. The minimum Gasteiger partial charge on any atom is -0.490 e. The third kappa shape index (κ3) is 3.66. The Morgan fingerprint density at radius 3 is 2.62 bits per heavy atom. The van der Waals surface area contributed by atoms with Crippen LogP contribution in [0.5, 0.6) is 5.75 Å². The van der Waals surface area contributed by atoms with Crippen LogP contribution in [-0.2, 0) is 16.1 Å². The number of hydrogen-bond donors (Lipinski definition) is 1. The van der Waals surface area contributed by atoms with Gasteiger partial charge in [-0.25, -0.2) is 4.79 Å². The molecule has 3 rings (SSSR count). The lowest BCUT2D eigenvalue weighted by molar-refractivity contribution is -0.130. The Balaban J connectivity index is 1.93. The highest BCUT2D eigenvalue weighted by Crippen LogP contribution is 2.24. The van der Waals surface area contributed by atoms with Crippen LogP contribution in [0.1, 0.15) is 25.2 Å². The van der Waals surface area contributed by atoms with E-state index in [1.165, 1.54) is 12.3 Å². The minimum atomic E-state index is -0.778. The maximum absolute atomic E-state index is 12.7. The molecule has 1 aromatic heterocycles. The van der Waals surface area contributed by atoms with Crippen LogP contribution in [0.25, 0.3) is 6.08 Å². The predicted octanol–water partition coefficient (Wildman–Crippen LogP) is 2.73. The van der Waals surface area contributed by atoms with Gasteiger partial charge in [0.1, 0.15) is 17.1 Å². The second-order valence-corrected chi connectivity index (χ2v) is 5.99. The molecule has 0 unspecified atom stereocenters. The van der Waals surface area contributed by atoms with Crippen LogP contribution in [0, 0.1) is 0 Å². The molecule has 2 aromatic rings. The molecule has 0 atom stereocenters. The quantitative estimate of drug-likeness (QED) is 0.659. The number of barbiturate groups is 1. The number of nitrogens with one attached hydrogen (secondary N) is 1. The summed E-state index contributed by atoms with van der Waals surface area (Å²) in [4.78, 5) is 37.9. The number of urea groups is 1. The third-order valence-corrected chi connectivity index (χ3v) is 3.66. The largest absolute Gasteiger partial charge is 0.490 e. The number of carbonyl (C=O) groups is 3. The van der Waals surface area contributed by atoms with E-state index in [1.807, 2.05) is 13.8 Å². The third-order valence-electron chi connectivity index (χ3n) is 3.66. The van der Waals surface area contributed by atoms with Gasteiger partial charge in [-0.3, -0.25) is 19.8 Å². The van der Waals surface area contributed by atoms with Gasteiger partial charge in [0.2, 0.25) is 0 Å². The SMILES string of the molecule is CC(C)Oc1ccccc1/C=C1\C(=O)NC(=O)N(Cc2ccco2)C1=O. The molecule has 1 aromatic carbocycles. The van der Waals surface area contributed by atoms with Crippen molar-refractivity contribution >= 4 is 23.9 Å². The van der Waals surface area contributed by atoms with Gasteiger partial charge in [-0.05, 0) is 38.1 Å². The number of nitrogens with zero attached hydrogens (tertiary/aromatic N) is 1. The van der Waals surface area contributed by atoms with Crippen LogP contribution < -0.4 is 10.1 Å². The van der Waals surface area contributed by atoms with Gasteiger partial charge in [0.05, 0.1) is 18.9 Å². The number of ether oxygens (including phenoxy) is 1. The molecule has 1 saturated heterocycles. The second-order valence-electron chi connectivity index (χ2n) is 5.99. The first-order valence-corrected chi connectivity index (χ1v) is 8.12. The molecule has 2 heterocycles. The number of benzene rings is 1. The first-order valence-electron chi connectivity index (χ1n) is 8.12. The molecular formula is C19H18N2O5. The van der Waals surface area contributed by atoms with Crippen molar-refractivity contribution in [1.29, 1.82) is 0 Å². The van der Waals surface area contributed by atoms with Crippen LogP contribution in [0.4, 0.5) is 4.79 Å². The molecule has 1 N–H and O–H groups in total. The summed E-state index contributed by atoms with van der Waals surface area (Å²) in [5.41, 5.74) is 0.433. The number of hydrogen-bond acceptors (Lipinski definition) is 5. The van der Waals surface area contributed by atoms with Gasteiger partial charge in [0.25, 0.3) is 11.8 Å². The normalized spacial score (nSPS) is 16.3. The van der Waals surface area contributed by atoms with Crippen molar-refractivity contribution < 1.29 is 23.5 Å². The Labute approximate surface area is 150 Å². The lowest BCUT2D eigenvalue weighted by atomic mass is 10.1. The Morgan fingerprint density at radius 1 is 1.15 bits per heavy atom. The van der Waals surface area contributed by atoms with Gasteiger partial charge in [-0.2, -0.15) is 0 Å². The lowest BCUT2D eigenvalue weighted by Gasteiger charge is -2.25. The summed E-state index contributed by atoms with van der Waals surface area (Å²) in [6.45, 7) is 3.70. The van der Waals surface area contributed by atoms with Crippen molar-refractivity contribution in [3.05, 3.63) is 59.6 Å². The van der Waals surface area contributed by atoms with Crippen LogP contribution >= 0.6 is 0 Å². The molecule has 7 nitrogen and oxygen atoms in total. The Bertz CT molecular complexity index is 868. The summed E-state index contributed by atoms with van der Waals surface area (Å²) in [5, 5.41) is 2.18. The average molecular weight is 354 g/mol. The topological polar surface area (TPSA) is 88.8 Å². The van der Waals surface area contributed by atoms with E-state index >= 15 is 0 Å². The lowest BCUT2D eigenvalue weighted by Crippen LogP contribution is -2.53. The van der Waals surface area contributed by atoms with Gasteiger partial charge in [0, 0.05) is 5.56 Å². The Morgan fingerprint density at radius 2 is 1.92 bits per heavy atom. The van der Waals surface area contributed by atoms with Gasteiger partial charge in [-0.1, -0.05) is 18.2 Å². The zero-order valence-electron chi connectivity index (χ0n) is 14.4. The monoisotopic (exact) mass is 354 g/mol. The first kappa shape index (κ1) is 17.5. The van der Waals surface area contributed by atoms with Crippen LogP contribution in [0.3, 0.4) is 0 Å². The summed E-state index contributed by atoms with van der Waals surface area (Å²) >= 11 is 0. The fourth-order valence-electron chi connectivity index (χ4n) is 2.51. The predicted molar refractivity (Wildman–Crippen MR) is 93.0 cm³/mol. The van der Waals surface area contributed by atoms with Crippen molar-refractivity contribution in [1.82, 2.24) is 10.2 Å². The zero-order valence-corrected chi connectivity index (χ0v) is 14.4. The van der Waals surface area contributed by atoms with Crippen molar-refractivity contribution in [2.45, 2.75) is 26.5 Å². The van der Waals surface area contributed by atoms with Crippen molar-refractivity contribution in [3.63, 3.8) is 0 Å². The van der Waals surface area contributed by atoms with Crippen LogP contribution in [0.2, 0.25) is 0 Å². The van der Waals surface area contributed by atoms with Crippen molar-refractivity contribution in [2.75, 3.05) is 0 Å². The van der Waals surface area contributed by atoms with Crippen LogP contribution in [-0.4, -0.2) is 28.8 Å². The first-order chi connectivity index (χ1) is 12.5. The van der Waals surface area contributed by atoms with E-state index in [0.29, 0.717) is 17.1 Å². The van der Waals surface area contributed by atoms with Gasteiger partial charge < -0.3 is 9.15 Å². The number of carbonyl (C=O) groups excluding carboxylic acids is 3. The van der Waals surface area contributed by atoms with Crippen LogP contribution in [0.15, 0.2) is 52.7 Å². The molecule has 7 heteroatoms. The number of amides is 4. The standard InChI is InChI=1S/C19H18N2O5/c1-12(2)26-16-8-4-3-6-13(16)10-15-17(22)20-19(24)21(18(15)23)11-14-7-5-9-25-14/h3-10,12H,11H2,1-2H3,(H,20,22,24)/b15-10+. The summed E-state index contributed by atoms with van der Waals surface area (Å²) < 4.78 is 10.9. The minimum absolute atomic E-state index is 0.0631. The highest BCUT2D eigenvalue weighted by Gasteiger charge is 2.36. The average Bonchev–Trinajstić information content (AvgIpc) is 3.09. The van der Waals surface area contributed by atoms with Gasteiger partial charge in [0.15, 0.2) is 0 Å². The molecule has 1 aliphatic heterocycles. The van der Waals surface area contributed by atoms with E-state index in [2.05, 4.69) is 5.32 Å². The molecule has 1 aliphatic rings. The molecule has 1 fully saturated rings. The fraction of sp³-hybridized carbons (Fsp3) is 0.211. The van der Waals surface area contributed by atoms with E-state index < -0.39 is 17.8 Å². The summed E-state index contributed by atoms with van der Waals surface area (Å²) in [6.07, 6.45) is 2.81. The van der Waals surface area contributed by atoms with Crippen molar-refractivity contribution in [2.24, 2.45) is 0 Å². The maximum Gasteiger partial charge on any atom is 0.331 e. The maximum atomic E-state index is 12.7. The molecule has 0 aliphatic carbocycles. The molecule has 0 bridgehead atoms. The highest BCUT2D eigenvalue weighted by molar-refractivity contribution is 6.31. The smallest absolute Gasteiger partial charge is 0.331 e. The van der Waals surface area contributed by atoms with E-state index in [1.54, 1.807) is 36.4 Å². The fourth-order valence-corrected chi connectivity index (χ4v) is 2.51.